The Bertz CT molecular complexity index is 1840. The van der Waals surface area contributed by atoms with Crippen LogP contribution < -0.4 is 15.3 Å². The molecule has 2 saturated heterocycles. The van der Waals surface area contributed by atoms with Crippen molar-refractivity contribution < 1.29 is 51.7 Å². The summed E-state index contributed by atoms with van der Waals surface area (Å²) in [6.45, 7) is 8.27. The SMILES string of the molecule is CC(C)C(=O)O[C@H]1[C@H](c2ccc3c(N)ncnn23)O[C@](C#N)(CO[P@@](=O)(N[C@@H](C)C(=O)OCC2CCOCC2)Oc2ccccc2)[C@H]1OC(=O)C(C)C. The monoisotopic (exact) mass is 756 g/mol. The zero-order valence-electron chi connectivity index (χ0n) is 30.2. The van der Waals surface area contributed by atoms with E-state index >= 15 is 0 Å². The summed E-state index contributed by atoms with van der Waals surface area (Å²) in [6.07, 6.45) is -1.64. The molecule has 2 aromatic heterocycles. The lowest BCUT2D eigenvalue weighted by atomic mass is 9.95. The van der Waals surface area contributed by atoms with Crippen molar-refractivity contribution in [3.05, 3.63) is 54.5 Å². The summed E-state index contributed by atoms with van der Waals surface area (Å²) in [5.74, 6) is -3.04. The second-order valence-electron chi connectivity index (χ2n) is 13.5. The number of anilines is 1. The number of para-hydroxylation sites is 1. The Morgan fingerprint density at radius 2 is 1.72 bits per heavy atom. The minimum atomic E-state index is -4.58. The Hall–Kier alpha value is -4.59. The number of fused-ring (bicyclic) bond motifs is 1. The highest BCUT2D eigenvalue weighted by atomic mass is 31.2. The third-order valence-corrected chi connectivity index (χ3v) is 10.4. The van der Waals surface area contributed by atoms with Gasteiger partial charge >= 0.3 is 25.7 Å². The molecule has 4 heterocycles. The number of hydrogen-bond donors (Lipinski definition) is 2. The maximum atomic E-state index is 14.6. The van der Waals surface area contributed by atoms with Gasteiger partial charge in [0, 0.05) is 13.2 Å². The second kappa shape index (κ2) is 17.0. The van der Waals surface area contributed by atoms with Gasteiger partial charge in [0.25, 0.3) is 0 Å². The third-order valence-electron chi connectivity index (χ3n) is 8.75. The van der Waals surface area contributed by atoms with Gasteiger partial charge in [-0.1, -0.05) is 45.9 Å². The molecule has 286 valence electrons. The van der Waals surface area contributed by atoms with Crippen LogP contribution in [0, 0.1) is 29.1 Å². The number of rotatable bonds is 15. The third kappa shape index (κ3) is 9.32. The van der Waals surface area contributed by atoms with Crippen LogP contribution in [0.15, 0.2) is 48.8 Å². The predicted octanol–water partition coefficient (Wildman–Crippen LogP) is 3.93. The number of benzene rings is 1. The minimum absolute atomic E-state index is 0.116. The van der Waals surface area contributed by atoms with Crippen molar-refractivity contribution >= 4 is 37.0 Å². The van der Waals surface area contributed by atoms with Gasteiger partial charge in [0.05, 0.1) is 24.1 Å². The van der Waals surface area contributed by atoms with Gasteiger partial charge in [0.1, 0.15) is 42.4 Å². The quantitative estimate of drug-likeness (QED) is 0.127. The fourth-order valence-electron chi connectivity index (χ4n) is 5.68. The van der Waals surface area contributed by atoms with Crippen LogP contribution in [-0.4, -0.2) is 82.8 Å². The van der Waals surface area contributed by atoms with E-state index in [1.165, 1.54) is 29.9 Å². The van der Waals surface area contributed by atoms with Crippen LogP contribution in [0.4, 0.5) is 5.82 Å². The van der Waals surface area contributed by atoms with Crippen molar-refractivity contribution in [3.63, 3.8) is 0 Å². The molecule has 1 aromatic carbocycles. The Labute approximate surface area is 306 Å². The summed E-state index contributed by atoms with van der Waals surface area (Å²) in [7, 11) is -4.58. The number of esters is 3. The van der Waals surface area contributed by atoms with Crippen LogP contribution in [0.1, 0.15) is 59.3 Å². The molecule has 0 radical (unpaired) electrons. The van der Waals surface area contributed by atoms with E-state index in [-0.39, 0.29) is 29.8 Å². The number of nitriles is 1. The van der Waals surface area contributed by atoms with Gasteiger partial charge in [0.2, 0.25) is 5.60 Å². The average molecular weight is 757 g/mol. The molecular formula is C35H45N6O11P. The van der Waals surface area contributed by atoms with Crippen molar-refractivity contribution in [2.45, 2.75) is 77.4 Å². The van der Waals surface area contributed by atoms with E-state index in [1.807, 2.05) is 6.07 Å². The number of carbonyl (C=O) groups excluding carboxylic acids is 3. The number of nitrogens with two attached hydrogens (primary N) is 1. The number of nitrogens with zero attached hydrogens (tertiary/aromatic N) is 4. The number of carbonyl (C=O) groups is 3. The molecule has 3 aromatic rings. The molecule has 2 aliphatic heterocycles. The van der Waals surface area contributed by atoms with Crippen LogP contribution >= 0.6 is 7.75 Å². The van der Waals surface area contributed by atoms with Gasteiger partial charge in [-0.2, -0.15) is 15.4 Å². The normalized spacial score (nSPS) is 23.6. The summed E-state index contributed by atoms with van der Waals surface area (Å²) < 4.78 is 56.8. The second-order valence-corrected chi connectivity index (χ2v) is 15.2. The van der Waals surface area contributed by atoms with Crippen LogP contribution in [0.3, 0.4) is 0 Å². The first-order chi connectivity index (χ1) is 25.3. The van der Waals surface area contributed by atoms with Crippen LogP contribution in [0.5, 0.6) is 5.75 Å². The summed E-state index contributed by atoms with van der Waals surface area (Å²) in [6, 6.07) is 12.1. The standard InChI is InChI=1S/C35H45N6O11P/c1-21(2)32(42)49-29-28(26-11-12-27-31(37)38-20-39-41(26)27)51-35(18-36,30(29)50-33(43)22(3)4)19-48-53(45,52-25-9-7-6-8-10-25)40-23(5)34(44)47-17-24-13-15-46-16-14-24/h6-12,20-24,28-30H,13-17,19H2,1-5H3,(H,40,45)(H2,37,38,39)/t23-,28-,29-,30-,35+,53-/m0/s1. The minimum Gasteiger partial charge on any atom is -0.464 e. The fourth-order valence-corrected chi connectivity index (χ4v) is 7.20. The van der Waals surface area contributed by atoms with Gasteiger partial charge in [-0.3, -0.25) is 18.9 Å². The first-order valence-corrected chi connectivity index (χ1v) is 18.9. The number of ether oxygens (including phenoxy) is 5. The molecule has 2 aliphatic rings. The molecule has 18 heteroatoms. The lowest BCUT2D eigenvalue weighted by Gasteiger charge is -2.31. The van der Waals surface area contributed by atoms with Crippen LogP contribution in [0.25, 0.3) is 5.52 Å². The van der Waals surface area contributed by atoms with E-state index in [1.54, 1.807) is 58.0 Å². The van der Waals surface area contributed by atoms with Crippen LogP contribution in [0.2, 0.25) is 0 Å². The molecule has 0 bridgehead atoms. The fraction of sp³-hybridized carbons (Fsp3) is 0.543. The smallest absolute Gasteiger partial charge is 0.459 e. The molecule has 0 amide bonds. The number of aromatic nitrogens is 3. The number of nitrogens with one attached hydrogen (secondary N) is 1. The molecule has 53 heavy (non-hydrogen) atoms. The van der Waals surface area contributed by atoms with E-state index in [4.69, 9.17) is 38.5 Å². The Morgan fingerprint density at radius 1 is 1.04 bits per heavy atom. The highest BCUT2D eigenvalue weighted by Gasteiger charge is 2.62. The largest absolute Gasteiger partial charge is 0.464 e. The van der Waals surface area contributed by atoms with E-state index in [0.29, 0.717) is 18.7 Å². The Morgan fingerprint density at radius 3 is 2.38 bits per heavy atom. The van der Waals surface area contributed by atoms with Crippen molar-refractivity contribution in [2.24, 2.45) is 17.8 Å². The Balaban J connectivity index is 1.49. The lowest BCUT2D eigenvalue weighted by Crippen LogP contribution is -2.50. The molecule has 0 aliphatic carbocycles. The molecule has 0 spiro atoms. The molecule has 0 saturated carbocycles. The van der Waals surface area contributed by atoms with E-state index in [2.05, 4.69) is 15.2 Å². The molecule has 0 unspecified atom stereocenters. The topological polar surface area (TPSA) is 225 Å². The lowest BCUT2D eigenvalue weighted by molar-refractivity contribution is -0.173. The maximum absolute atomic E-state index is 14.6. The summed E-state index contributed by atoms with van der Waals surface area (Å²) >= 11 is 0. The van der Waals surface area contributed by atoms with Gasteiger partial charge in [0.15, 0.2) is 18.0 Å². The first kappa shape index (κ1) is 39.6. The molecular weight excluding hydrogens is 711 g/mol. The molecule has 2 fully saturated rings. The first-order valence-electron chi connectivity index (χ1n) is 17.4. The Kier molecular flexibility index (Phi) is 12.7. The van der Waals surface area contributed by atoms with Crippen molar-refractivity contribution in [1.29, 1.82) is 5.26 Å². The van der Waals surface area contributed by atoms with Crippen LogP contribution in [-0.2, 0) is 47.2 Å². The molecule has 17 nitrogen and oxygen atoms in total. The maximum Gasteiger partial charge on any atom is 0.459 e. The van der Waals surface area contributed by atoms with Gasteiger partial charge < -0.3 is 33.9 Å². The van der Waals surface area contributed by atoms with E-state index in [9.17, 15) is 24.2 Å². The highest BCUT2D eigenvalue weighted by molar-refractivity contribution is 7.52. The van der Waals surface area contributed by atoms with E-state index in [0.717, 1.165) is 12.8 Å². The summed E-state index contributed by atoms with van der Waals surface area (Å²) in [5, 5.41) is 17.7. The number of hydrogen-bond acceptors (Lipinski definition) is 15. The van der Waals surface area contributed by atoms with Gasteiger partial charge in [-0.05, 0) is 49.9 Å². The van der Waals surface area contributed by atoms with Gasteiger partial charge in [-0.25, -0.2) is 14.1 Å². The van der Waals surface area contributed by atoms with Gasteiger partial charge in [-0.15, -0.1) is 0 Å². The van der Waals surface area contributed by atoms with E-state index < -0.39 is 74.1 Å². The zero-order chi connectivity index (χ0) is 38.3. The van der Waals surface area contributed by atoms with Crippen molar-refractivity contribution in [3.8, 4) is 11.8 Å². The average Bonchev–Trinajstić information content (AvgIpc) is 3.70. The predicted molar refractivity (Wildman–Crippen MR) is 187 cm³/mol. The molecule has 3 N–H and O–H groups in total. The van der Waals surface area contributed by atoms with Crippen molar-refractivity contribution in [2.75, 3.05) is 32.2 Å². The van der Waals surface area contributed by atoms with Crippen molar-refractivity contribution in [1.82, 2.24) is 19.7 Å². The summed E-state index contributed by atoms with van der Waals surface area (Å²) in [4.78, 5) is 43.4. The molecule has 5 rings (SSSR count). The zero-order valence-corrected chi connectivity index (χ0v) is 31.1. The molecule has 6 atom stereocenters. The number of nitrogen functional groups attached to an aromatic ring is 1. The summed E-state index contributed by atoms with van der Waals surface area (Å²) in [5.41, 5.74) is 4.49. The highest BCUT2D eigenvalue weighted by Crippen LogP contribution is 2.50.